The highest BCUT2D eigenvalue weighted by molar-refractivity contribution is 5.87. The van der Waals surface area contributed by atoms with Crippen LogP contribution in [0.4, 0.5) is 5.69 Å². The van der Waals surface area contributed by atoms with Crippen LogP contribution in [0.5, 0.6) is 0 Å². The summed E-state index contributed by atoms with van der Waals surface area (Å²) in [6.07, 6.45) is 5.13. The van der Waals surface area contributed by atoms with Gasteiger partial charge in [0.25, 0.3) is 0 Å². The Morgan fingerprint density at radius 3 is 2.88 bits per heavy atom. The first kappa shape index (κ1) is 10.8. The first-order valence-corrected chi connectivity index (χ1v) is 6.67. The minimum absolute atomic E-state index is 1.07. The Morgan fingerprint density at radius 1 is 1.12 bits per heavy atom. The molecule has 0 bridgehead atoms. The van der Waals surface area contributed by atoms with Gasteiger partial charge in [-0.1, -0.05) is 12.5 Å². The lowest BCUT2D eigenvalue weighted by Crippen LogP contribution is -2.32. The molecular weight excluding hydrogens is 208 g/mol. The molecule has 0 saturated carbocycles. The van der Waals surface area contributed by atoms with Crippen molar-refractivity contribution in [2.45, 2.75) is 46.1 Å². The predicted octanol–water partition coefficient (Wildman–Crippen LogP) is 3.72. The number of nitrogens with zero attached hydrogens (tertiary/aromatic N) is 2. The van der Waals surface area contributed by atoms with Crippen molar-refractivity contribution in [1.29, 1.82) is 0 Å². The van der Waals surface area contributed by atoms with Crippen molar-refractivity contribution >= 4 is 11.5 Å². The lowest BCUT2D eigenvalue weighted by Gasteiger charge is -2.30. The van der Waals surface area contributed by atoms with E-state index in [1.165, 1.54) is 54.0 Å². The van der Waals surface area contributed by atoms with E-state index in [-0.39, 0.29) is 0 Å². The zero-order valence-corrected chi connectivity index (χ0v) is 10.8. The van der Waals surface area contributed by atoms with Gasteiger partial charge in [-0.2, -0.15) is 0 Å². The van der Waals surface area contributed by atoms with Crippen molar-refractivity contribution in [2.24, 2.45) is 4.99 Å². The number of fused-ring (bicyclic) bond motifs is 2. The van der Waals surface area contributed by atoms with Crippen LogP contribution in [0, 0.1) is 13.8 Å². The maximum atomic E-state index is 4.87. The van der Waals surface area contributed by atoms with Gasteiger partial charge in [-0.3, -0.25) is 0 Å². The number of aliphatic imine (C=N–C) groups is 1. The Bertz CT molecular complexity index is 474. The molecule has 0 atom stereocenters. The average Bonchev–Trinajstić information content (AvgIpc) is 2.57. The van der Waals surface area contributed by atoms with Crippen LogP contribution >= 0.6 is 0 Å². The van der Waals surface area contributed by atoms with E-state index in [4.69, 9.17) is 4.99 Å². The maximum absolute atomic E-state index is 4.87. The minimum atomic E-state index is 1.07. The Kier molecular flexibility index (Phi) is 2.65. The molecule has 0 radical (unpaired) electrons. The second-order valence-corrected chi connectivity index (χ2v) is 5.27. The maximum Gasteiger partial charge on any atom is 0.105 e. The van der Waals surface area contributed by atoms with Crippen LogP contribution in [-0.4, -0.2) is 17.3 Å². The Hall–Kier alpha value is -1.31. The van der Waals surface area contributed by atoms with E-state index in [2.05, 4.69) is 30.9 Å². The summed E-state index contributed by atoms with van der Waals surface area (Å²) in [4.78, 5) is 7.36. The summed E-state index contributed by atoms with van der Waals surface area (Å²) in [6.45, 7) is 6.68. The van der Waals surface area contributed by atoms with E-state index in [0.29, 0.717) is 0 Å². The van der Waals surface area contributed by atoms with E-state index in [1.807, 2.05) is 0 Å². The van der Waals surface area contributed by atoms with Crippen LogP contribution < -0.4 is 0 Å². The first-order valence-electron chi connectivity index (χ1n) is 6.67. The van der Waals surface area contributed by atoms with Crippen molar-refractivity contribution in [3.05, 3.63) is 28.8 Å². The molecule has 3 rings (SSSR count). The number of hydrogen-bond acceptors (Lipinski definition) is 2. The van der Waals surface area contributed by atoms with Gasteiger partial charge in [0.15, 0.2) is 0 Å². The third kappa shape index (κ3) is 1.86. The Morgan fingerprint density at radius 2 is 2.00 bits per heavy atom. The molecule has 0 spiro atoms. The molecular formula is C15H20N2. The molecule has 2 heteroatoms. The smallest absolute Gasteiger partial charge is 0.105 e. The Labute approximate surface area is 103 Å². The lowest BCUT2D eigenvalue weighted by atomic mass is 9.99. The summed E-state index contributed by atoms with van der Waals surface area (Å²) in [5.41, 5.74) is 5.46. The normalized spacial score (nSPS) is 19.2. The van der Waals surface area contributed by atoms with Crippen LogP contribution in [0.3, 0.4) is 0 Å². The molecule has 1 aromatic carbocycles. The molecule has 1 saturated heterocycles. The van der Waals surface area contributed by atoms with Gasteiger partial charge < -0.3 is 4.90 Å². The molecule has 2 nitrogen and oxygen atoms in total. The molecule has 17 heavy (non-hydrogen) atoms. The summed E-state index contributed by atoms with van der Waals surface area (Å²) in [5, 5.41) is 0. The molecule has 2 aliphatic heterocycles. The third-order valence-electron chi connectivity index (χ3n) is 4.14. The highest BCUT2D eigenvalue weighted by Crippen LogP contribution is 2.32. The molecule has 1 fully saturated rings. The highest BCUT2D eigenvalue weighted by atomic mass is 15.2. The van der Waals surface area contributed by atoms with E-state index >= 15 is 0 Å². The number of benzene rings is 1. The van der Waals surface area contributed by atoms with Gasteiger partial charge in [0, 0.05) is 25.1 Å². The quantitative estimate of drug-likeness (QED) is 0.660. The molecule has 0 unspecified atom stereocenters. The lowest BCUT2D eigenvalue weighted by molar-refractivity contribution is 0.402. The monoisotopic (exact) mass is 228 g/mol. The average molecular weight is 228 g/mol. The fourth-order valence-electron chi connectivity index (χ4n) is 2.84. The van der Waals surface area contributed by atoms with Crippen molar-refractivity contribution in [1.82, 2.24) is 4.90 Å². The second-order valence-electron chi connectivity index (χ2n) is 5.27. The molecule has 90 valence electrons. The van der Waals surface area contributed by atoms with Gasteiger partial charge in [0.05, 0.1) is 5.69 Å². The van der Waals surface area contributed by atoms with Gasteiger partial charge in [-0.25, -0.2) is 4.99 Å². The second kappa shape index (κ2) is 4.17. The summed E-state index contributed by atoms with van der Waals surface area (Å²) in [6, 6.07) is 4.39. The Balaban J connectivity index is 2.05. The number of aryl methyl sites for hydroxylation is 1. The minimum Gasteiger partial charge on any atom is -0.356 e. The summed E-state index contributed by atoms with van der Waals surface area (Å²) >= 11 is 0. The van der Waals surface area contributed by atoms with E-state index in [0.717, 1.165) is 13.0 Å². The zero-order chi connectivity index (χ0) is 11.8. The fourth-order valence-corrected chi connectivity index (χ4v) is 2.84. The summed E-state index contributed by atoms with van der Waals surface area (Å²) in [7, 11) is 0. The molecule has 2 heterocycles. The first-order chi connectivity index (χ1) is 8.25. The van der Waals surface area contributed by atoms with Crippen LogP contribution in [-0.2, 0) is 6.54 Å². The van der Waals surface area contributed by atoms with E-state index < -0.39 is 0 Å². The molecule has 1 aromatic rings. The van der Waals surface area contributed by atoms with Gasteiger partial charge >= 0.3 is 0 Å². The van der Waals surface area contributed by atoms with E-state index in [9.17, 15) is 0 Å². The van der Waals surface area contributed by atoms with Crippen LogP contribution in [0.2, 0.25) is 0 Å². The van der Waals surface area contributed by atoms with Crippen LogP contribution in [0.15, 0.2) is 17.1 Å². The fraction of sp³-hybridized carbons (Fsp3) is 0.533. The summed E-state index contributed by atoms with van der Waals surface area (Å²) in [5.74, 6) is 1.32. The van der Waals surface area contributed by atoms with Gasteiger partial charge in [-0.15, -0.1) is 0 Å². The van der Waals surface area contributed by atoms with E-state index in [1.54, 1.807) is 0 Å². The van der Waals surface area contributed by atoms with Crippen LogP contribution in [0.1, 0.15) is 42.4 Å². The topological polar surface area (TPSA) is 15.6 Å². The highest BCUT2D eigenvalue weighted by Gasteiger charge is 2.22. The molecule has 0 amide bonds. The van der Waals surface area contributed by atoms with Crippen molar-refractivity contribution in [3.63, 3.8) is 0 Å². The number of hydrogen-bond donors (Lipinski definition) is 0. The van der Waals surface area contributed by atoms with Gasteiger partial charge in [-0.05, 0) is 43.9 Å². The van der Waals surface area contributed by atoms with Crippen molar-refractivity contribution in [2.75, 3.05) is 6.54 Å². The molecule has 2 aliphatic rings. The van der Waals surface area contributed by atoms with Crippen LogP contribution in [0.25, 0.3) is 0 Å². The van der Waals surface area contributed by atoms with Crippen molar-refractivity contribution < 1.29 is 0 Å². The largest absolute Gasteiger partial charge is 0.356 e. The van der Waals surface area contributed by atoms with Gasteiger partial charge in [0.1, 0.15) is 5.84 Å². The standard InChI is InChI=1S/C15H20N2/c1-11-7-8-14-13(12(11)2)10-17-9-5-3-4-6-15(17)16-14/h7-8H,3-6,9-10H2,1-2H3. The number of amidine groups is 1. The zero-order valence-electron chi connectivity index (χ0n) is 10.8. The number of rotatable bonds is 0. The molecule has 0 aliphatic carbocycles. The van der Waals surface area contributed by atoms with Crippen molar-refractivity contribution in [3.8, 4) is 0 Å². The summed E-state index contributed by atoms with van der Waals surface area (Å²) < 4.78 is 0. The predicted molar refractivity (Wildman–Crippen MR) is 71.9 cm³/mol. The molecule has 0 aromatic heterocycles. The third-order valence-corrected chi connectivity index (χ3v) is 4.14. The van der Waals surface area contributed by atoms with Gasteiger partial charge in [0.2, 0.25) is 0 Å². The molecule has 0 N–H and O–H groups in total. The SMILES string of the molecule is Cc1ccc2c(c1C)CN1CCCCCC1=N2.